The van der Waals surface area contributed by atoms with Gasteiger partial charge < -0.3 is 10.6 Å². The summed E-state index contributed by atoms with van der Waals surface area (Å²) in [5.41, 5.74) is 0. The van der Waals surface area contributed by atoms with Crippen LogP contribution in [-0.2, 0) is 0 Å². The molecule has 0 radical (unpaired) electrons. The number of hydrogen-bond acceptors (Lipinski definition) is 4. The molecule has 0 spiro atoms. The number of aromatic nitrogens is 2. The molecule has 1 aliphatic carbocycles. The van der Waals surface area contributed by atoms with E-state index >= 15 is 0 Å². The van der Waals surface area contributed by atoms with E-state index in [2.05, 4.69) is 41.4 Å². The van der Waals surface area contributed by atoms with Gasteiger partial charge in [0.15, 0.2) is 0 Å². The molecular weight excluding hydrogens is 248 g/mol. The van der Waals surface area contributed by atoms with Crippen molar-refractivity contribution < 1.29 is 0 Å². The highest BCUT2D eigenvalue weighted by Crippen LogP contribution is 2.31. The minimum absolute atomic E-state index is 0.541. The van der Waals surface area contributed by atoms with E-state index < -0.39 is 0 Å². The van der Waals surface area contributed by atoms with Gasteiger partial charge in [-0.15, -0.1) is 0 Å². The van der Waals surface area contributed by atoms with Crippen molar-refractivity contribution in [2.45, 2.75) is 58.9 Å². The van der Waals surface area contributed by atoms with Crippen LogP contribution < -0.4 is 10.6 Å². The van der Waals surface area contributed by atoms with E-state index in [-0.39, 0.29) is 0 Å². The van der Waals surface area contributed by atoms with Crippen molar-refractivity contribution in [3.8, 4) is 0 Å². The Morgan fingerprint density at radius 2 is 1.95 bits per heavy atom. The van der Waals surface area contributed by atoms with Crippen molar-refractivity contribution in [1.29, 1.82) is 0 Å². The first-order chi connectivity index (χ1) is 9.70. The third-order valence-electron chi connectivity index (χ3n) is 4.20. The van der Waals surface area contributed by atoms with Crippen LogP contribution in [0.15, 0.2) is 12.4 Å². The Balaban J connectivity index is 2.00. The Labute approximate surface area is 122 Å². The maximum atomic E-state index is 4.61. The molecule has 0 aromatic carbocycles. The fourth-order valence-electron chi connectivity index (χ4n) is 3.10. The zero-order valence-electron chi connectivity index (χ0n) is 13.0. The summed E-state index contributed by atoms with van der Waals surface area (Å²) in [7, 11) is 0. The van der Waals surface area contributed by atoms with Crippen LogP contribution in [0.4, 0.5) is 11.6 Å². The number of nitrogens with one attached hydrogen (secondary N) is 2. The van der Waals surface area contributed by atoms with E-state index in [1.165, 1.54) is 25.7 Å². The molecule has 0 aliphatic heterocycles. The van der Waals surface area contributed by atoms with Crippen LogP contribution in [0.5, 0.6) is 0 Å². The molecule has 2 atom stereocenters. The van der Waals surface area contributed by atoms with Gasteiger partial charge in [-0.2, -0.15) is 0 Å². The van der Waals surface area contributed by atoms with Gasteiger partial charge >= 0.3 is 0 Å². The first kappa shape index (κ1) is 15.1. The van der Waals surface area contributed by atoms with Gasteiger partial charge in [0.05, 0.1) is 12.4 Å². The fraction of sp³-hybridized carbons (Fsp3) is 0.750. The van der Waals surface area contributed by atoms with Crippen molar-refractivity contribution >= 4 is 11.6 Å². The summed E-state index contributed by atoms with van der Waals surface area (Å²) in [6.07, 6.45) is 9.99. The van der Waals surface area contributed by atoms with Crippen molar-refractivity contribution in [2.75, 3.05) is 17.2 Å². The zero-order chi connectivity index (χ0) is 14.4. The molecule has 1 aliphatic rings. The van der Waals surface area contributed by atoms with E-state index in [1.54, 1.807) is 6.20 Å². The Kier molecular flexibility index (Phi) is 5.62. The molecule has 0 amide bonds. The average Bonchev–Trinajstić information content (AvgIpc) is 2.46. The van der Waals surface area contributed by atoms with Crippen molar-refractivity contribution in [3.63, 3.8) is 0 Å². The minimum Gasteiger partial charge on any atom is -0.369 e. The van der Waals surface area contributed by atoms with Crippen LogP contribution in [0.1, 0.15) is 52.9 Å². The molecule has 2 rings (SSSR count). The molecule has 20 heavy (non-hydrogen) atoms. The van der Waals surface area contributed by atoms with Gasteiger partial charge in [0.1, 0.15) is 11.6 Å². The van der Waals surface area contributed by atoms with Crippen LogP contribution >= 0.6 is 0 Å². The average molecular weight is 276 g/mol. The lowest BCUT2D eigenvalue weighted by molar-refractivity contribution is 0.253. The topological polar surface area (TPSA) is 49.8 Å². The minimum atomic E-state index is 0.541. The lowest BCUT2D eigenvalue weighted by Gasteiger charge is -2.35. The van der Waals surface area contributed by atoms with E-state index in [0.717, 1.165) is 36.4 Å². The first-order valence-corrected chi connectivity index (χ1v) is 8.03. The van der Waals surface area contributed by atoms with Crippen LogP contribution in [0.2, 0.25) is 0 Å². The second-order valence-corrected chi connectivity index (χ2v) is 6.16. The van der Waals surface area contributed by atoms with Gasteiger partial charge in [0.25, 0.3) is 0 Å². The fourth-order valence-corrected chi connectivity index (χ4v) is 3.10. The molecule has 1 aromatic heterocycles. The predicted molar refractivity (Wildman–Crippen MR) is 85.0 cm³/mol. The van der Waals surface area contributed by atoms with Crippen LogP contribution in [-0.4, -0.2) is 22.6 Å². The second-order valence-electron chi connectivity index (χ2n) is 6.16. The van der Waals surface area contributed by atoms with Crippen molar-refractivity contribution in [1.82, 2.24) is 9.97 Å². The lowest BCUT2D eigenvalue weighted by atomic mass is 9.78. The Morgan fingerprint density at radius 1 is 1.20 bits per heavy atom. The highest BCUT2D eigenvalue weighted by Gasteiger charge is 2.27. The monoisotopic (exact) mass is 276 g/mol. The molecule has 1 saturated carbocycles. The molecule has 1 heterocycles. The Bertz CT molecular complexity index is 405. The highest BCUT2D eigenvalue weighted by atomic mass is 15.1. The Hall–Kier alpha value is -1.32. The van der Waals surface area contributed by atoms with Crippen LogP contribution in [0, 0.1) is 11.8 Å². The Morgan fingerprint density at radius 3 is 2.70 bits per heavy atom. The predicted octanol–water partition coefficient (Wildman–Crippen LogP) is 3.93. The molecule has 4 heteroatoms. The smallest absolute Gasteiger partial charge is 0.147 e. The lowest BCUT2D eigenvalue weighted by Crippen LogP contribution is -2.35. The normalized spacial score (nSPS) is 22.8. The summed E-state index contributed by atoms with van der Waals surface area (Å²) < 4.78 is 0. The molecule has 4 nitrogen and oxygen atoms in total. The molecule has 0 saturated heterocycles. The molecule has 1 aromatic rings. The van der Waals surface area contributed by atoms with Gasteiger partial charge in [-0.25, -0.2) is 4.98 Å². The van der Waals surface area contributed by atoms with Crippen molar-refractivity contribution in [2.24, 2.45) is 11.8 Å². The SMILES string of the molecule is CCCNc1cncc(NC2CCCCC2C(C)C)n1. The first-order valence-electron chi connectivity index (χ1n) is 8.03. The second kappa shape index (κ2) is 7.46. The standard InChI is InChI=1S/C16H28N4/c1-4-9-18-15-10-17-11-16(20-15)19-14-8-6-5-7-13(14)12(2)3/h10-14H,4-9H2,1-3H3,(H2,18,19,20). The van der Waals surface area contributed by atoms with E-state index in [1.807, 2.05) is 6.20 Å². The van der Waals surface area contributed by atoms with Gasteiger partial charge in [-0.3, -0.25) is 4.98 Å². The number of hydrogen-bond donors (Lipinski definition) is 2. The molecule has 0 bridgehead atoms. The van der Waals surface area contributed by atoms with Crippen molar-refractivity contribution in [3.05, 3.63) is 12.4 Å². The quantitative estimate of drug-likeness (QED) is 0.826. The number of anilines is 2. The summed E-state index contributed by atoms with van der Waals surface area (Å²) >= 11 is 0. The summed E-state index contributed by atoms with van der Waals surface area (Å²) in [5, 5.41) is 6.91. The maximum Gasteiger partial charge on any atom is 0.147 e. The van der Waals surface area contributed by atoms with Gasteiger partial charge in [0, 0.05) is 12.6 Å². The molecular formula is C16H28N4. The summed E-state index contributed by atoms with van der Waals surface area (Å²) in [4.78, 5) is 8.90. The van der Waals surface area contributed by atoms with E-state index in [0.29, 0.717) is 6.04 Å². The molecule has 2 unspecified atom stereocenters. The maximum absolute atomic E-state index is 4.61. The zero-order valence-corrected chi connectivity index (χ0v) is 13.0. The van der Waals surface area contributed by atoms with E-state index in [9.17, 15) is 0 Å². The highest BCUT2D eigenvalue weighted by molar-refractivity contribution is 5.42. The molecule has 112 valence electrons. The van der Waals surface area contributed by atoms with E-state index in [4.69, 9.17) is 0 Å². The molecule has 2 N–H and O–H groups in total. The van der Waals surface area contributed by atoms with Crippen LogP contribution in [0.25, 0.3) is 0 Å². The van der Waals surface area contributed by atoms with Gasteiger partial charge in [0.2, 0.25) is 0 Å². The third kappa shape index (κ3) is 4.09. The summed E-state index contributed by atoms with van der Waals surface area (Å²) in [6.45, 7) is 7.75. The molecule has 1 fully saturated rings. The largest absolute Gasteiger partial charge is 0.369 e. The summed E-state index contributed by atoms with van der Waals surface area (Å²) in [5.74, 6) is 3.25. The number of nitrogens with zero attached hydrogens (tertiary/aromatic N) is 2. The van der Waals surface area contributed by atoms with Gasteiger partial charge in [-0.05, 0) is 31.1 Å². The third-order valence-corrected chi connectivity index (χ3v) is 4.20. The number of rotatable bonds is 6. The van der Waals surface area contributed by atoms with Crippen LogP contribution in [0.3, 0.4) is 0 Å². The summed E-state index contributed by atoms with van der Waals surface area (Å²) in [6, 6.07) is 0.541. The van der Waals surface area contributed by atoms with Gasteiger partial charge in [-0.1, -0.05) is 33.6 Å².